The molecule has 0 aliphatic rings. The number of thiophene rings is 1. The Morgan fingerprint density at radius 3 is 2.67 bits per heavy atom. The molecule has 1 aromatic carbocycles. The second kappa shape index (κ2) is 8.64. The van der Waals surface area contributed by atoms with Crippen LogP contribution in [0.2, 0.25) is 0 Å². The lowest BCUT2D eigenvalue weighted by Crippen LogP contribution is -1.97. The highest BCUT2D eigenvalue weighted by molar-refractivity contribution is 8.00. The Bertz CT molecular complexity index is 952. The fraction of sp³-hybridized carbons (Fsp3) is 0.222. The molecule has 2 aromatic heterocycles. The average Bonchev–Trinajstić information content (AvgIpc) is 3.33. The van der Waals surface area contributed by atoms with Gasteiger partial charge in [0, 0.05) is 17.0 Å². The van der Waals surface area contributed by atoms with Crippen molar-refractivity contribution in [3.8, 4) is 22.8 Å². The molecule has 0 aliphatic carbocycles. The van der Waals surface area contributed by atoms with Gasteiger partial charge in [-0.1, -0.05) is 0 Å². The monoisotopic (exact) mass is 422 g/mol. The van der Waals surface area contributed by atoms with Gasteiger partial charge in [0.25, 0.3) is 0 Å². The molecule has 6 nitrogen and oxygen atoms in total. The molecule has 0 unspecified atom stereocenters. The number of hydrogen-bond acceptors (Lipinski definition) is 9. The number of ether oxygens (including phenoxy) is 3. The second-order valence-electron chi connectivity index (χ2n) is 5.24. The van der Waals surface area contributed by atoms with Gasteiger partial charge in [-0.2, -0.15) is 0 Å². The van der Waals surface area contributed by atoms with Gasteiger partial charge in [-0.05, 0) is 24.5 Å². The van der Waals surface area contributed by atoms with Crippen LogP contribution in [0.1, 0.15) is 9.67 Å². The minimum Gasteiger partial charge on any atom is -0.497 e. The van der Waals surface area contributed by atoms with Crippen molar-refractivity contribution in [1.29, 1.82) is 0 Å². The van der Waals surface area contributed by atoms with Crippen LogP contribution in [0.25, 0.3) is 11.3 Å². The molecule has 0 spiro atoms. The number of thiazole rings is 1. The Balaban J connectivity index is 1.90. The molecule has 27 heavy (non-hydrogen) atoms. The van der Waals surface area contributed by atoms with E-state index in [4.69, 9.17) is 14.2 Å². The number of nitrogens with zero attached hydrogens (tertiary/aromatic N) is 1. The number of aromatic nitrogens is 1. The molecule has 0 aliphatic heterocycles. The molecule has 3 aromatic rings. The minimum atomic E-state index is -0.337. The molecule has 1 N–H and O–H groups in total. The third-order valence-corrected chi connectivity index (χ3v) is 6.71. The summed E-state index contributed by atoms with van der Waals surface area (Å²) in [5, 5.41) is 5.95. The molecule has 0 atom stereocenters. The van der Waals surface area contributed by atoms with E-state index in [9.17, 15) is 4.79 Å². The van der Waals surface area contributed by atoms with Crippen molar-refractivity contribution in [2.24, 2.45) is 0 Å². The zero-order valence-electron chi connectivity index (χ0n) is 15.2. The highest BCUT2D eigenvalue weighted by Gasteiger charge is 2.18. The fourth-order valence-electron chi connectivity index (χ4n) is 2.39. The van der Waals surface area contributed by atoms with Crippen LogP contribution in [-0.4, -0.2) is 38.5 Å². The van der Waals surface area contributed by atoms with Crippen LogP contribution in [0.5, 0.6) is 11.5 Å². The predicted molar refractivity (Wildman–Crippen MR) is 111 cm³/mol. The SMILES string of the molecule is COC(=O)c1cc(-c2csc(Nc3cc(OC)ccc3OC)n2)c(SC)s1. The molecule has 0 bridgehead atoms. The van der Waals surface area contributed by atoms with Gasteiger partial charge in [0.05, 0.1) is 36.9 Å². The van der Waals surface area contributed by atoms with Crippen LogP contribution in [0.3, 0.4) is 0 Å². The first-order chi connectivity index (χ1) is 13.1. The Morgan fingerprint density at radius 2 is 2.00 bits per heavy atom. The third-order valence-electron chi connectivity index (χ3n) is 3.70. The van der Waals surface area contributed by atoms with Crippen molar-refractivity contribution in [2.75, 3.05) is 32.9 Å². The number of esters is 1. The highest BCUT2D eigenvalue weighted by Crippen LogP contribution is 2.40. The van der Waals surface area contributed by atoms with Gasteiger partial charge in [0.1, 0.15) is 16.4 Å². The first-order valence-electron chi connectivity index (χ1n) is 7.80. The van der Waals surface area contributed by atoms with Crippen LogP contribution in [0, 0.1) is 0 Å². The van der Waals surface area contributed by atoms with Gasteiger partial charge in [0.2, 0.25) is 0 Å². The number of thioether (sulfide) groups is 1. The molecular weight excluding hydrogens is 404 g/mol. The summed E-state index contributed by atoms with van der Waals surface area (Å²) in [5.41, 5.74) is 2.50. The van der Waals surface area contributed by atoms with Crippen LogP contribution in [0.4, 0.5) is 10.8 Å². The molecule has 3 rings (SSSR count). The van der Waals surface area contributed by atoms with E-state index < -0.39 is 0 Å². The quantitative estimate of drug-likeness (QED) is 0.417. The van der Waals surface area contributed by atoms with Crippen molar-refractivity contribution >= 4 is 51.2 Å². The van der Waals surface area contributed by atoms with Gasteiger partial charge < -0.3 is 19.5 Å². The summed E-state index contributed by atoms with van der Waals surface area (Å²) in [5.74, 6) is 1.08. The Kier molecular flexibility index (Phi) is 6.25. The normalized spacial score (nSPS) is 10.5. The first-order valence-corrected chi connectivity index (χ1v) is 10.7. The van der Waals surface area contributed by atoms with Crippen LogP contribution < -0.4 is 14.8 Å². The number of rotatable bonds is 7. The number of anilines is 2. The van der Waals surface area contributed by atoms with Crippen LogP contribution in [0.15, 0.2) is 33.9 Å². The van der Waals surface area contributed by atoms with E-state index in [1.807, 2.05) is 35.9 Å². The molecule has 0 saturated carbocycles. The summed E-state index contributed by atoms with van der Waals surface area (Å²) in [6, 6.07) is 7.35. The maximum atomic E-state index is 11.8. The smallest absolute Gasteiger partial charge is 0.348 e. The fourth-order valence-corrected chi connectivity index (χ4v) is 4.91. The number of benzene rings is 1. The predicted octanol–water partition coefficient (Wildman–Crippen LogP) is 5.14. The maximum Gasteiger partial charge on any atom is 0.348 e. The van der Waals surface area contributed by atoms with E-state index >= 15 is 0 Å². The van der Waals surface area contributed by atoms with Crippen molar-refractivity contribution in [3.05, 3.63) is 34.5 Å². The van der Waals surface area contributed by atoms with Gasteiger partial charge in [-0.3, -0.25) is 0 Å². The molecular formula is C18H18N2O4S3. The van der Waals surface area contributed by atoms with Gasteiger partial charge in [0.15, 0.2) is 5.13 Å². The van der Waals surface area contributed by atoms with E-state index in [0.717, 1.165) is 32.0 Å². The first kappa shape index (κ1) is 19.5. The topological polar surface area (TPSA) is 69.7 Å². The van der Waals surface area contributed by atoms with Gasteiger partial charge in [-0.25, -0.2) is 9.78 Å². The summed E-state index contributed by atoms with van der Waals surface area (Å²) in [4.78, 5) is 17.1. The van der Waals surface area contributed by atoms with E-state index in [1.165, 1.54) is 29.8 Å². The van der Waals surface area contributed by atoms with E-state index in [2.05, 4.69) is 10.3 Å². The Hall–Kier alpha value is -2.23. The number of methoxy groups -OCH3 is 3. The largest absolute Gasteiger partial charge is 0.497 e. The zero-order chi connectivity index (χ0) is 19.4. The second-order valence-corrected chi connectivity index (χ2v) is 8.22. The lowest BCUT2D eigenvalue weighted by Gasteiger charge is -2.10. The Morgan fingerprint density at radius 1 is 1.19 bits per heavy atom. The Labute approximate surface area is 169 Å². The minimum absolute atomic E-state index is 0.337. The van der Waals surface area contributed by atoms with E-state index in [0.29, 0.717) is 10.6 Å². The molecule has 0 amide bonds. The lowest BCUT2D eigenvalue weighted by atomic mass is 10.2. The third kappa shape index (κ3) is 4.20. The highest BCUT2D eigenvalue weighted by atomic mass is 32.2. The summed E-state index contributed by atoms with van der Waals surface area (Å²) < 4.78 is 16.5. The number of nitrogens with one attached hydrogen (secondary N) is 1. The van der Waals surface area contributed by atoms with Crippen molar-refractivity contribution in [1.82, 2.24) is 4.98 Å². The molecule has 0 fully saturated rings. The number of carbonyl (C=O) groups excluding carboxylic acids is 1. The molecule has 0 radical (unpaired) electrons. The van der Waals surface area contributed by atoms with Crippen molar-refractivity contribution in [3.63, 3.8) is 0 Å². The van der Waals surface area contributed by atoms with Gasteiger partial charge >= 0.3 is 5.97 Å². The number of carbonyl (C=O) groups is 1. The number of hydrogen-bond donors (Lipinski definition) is 1. The summed E-state index contributed by atoms with van der Waals surface area (Å²) >= 11 is 4.46. The van der Waals surface area contributed by atoms with Crippen molar-refractivity contribution in [2.45, 2.75) is 4.21 Å². The van der Waals surface area contributed by atoms with Crippen LogP contribution in [-0.2, 0) is 4.74 Å². The van der Waals surface area contributed by atoms with Crippen LogP contribution >= 0.6 is 34.4 Å². The molecule has 2 heterocycles. The van der Waals surface area contributed by atoms with E-state index in [1.54, 1.807) is 26.0 Å². The van der Waals surface area contributed by atoms with Gasteiger partial charge in [-0.15, -0.1) is 34.4 Å². The lowest BCUT2D eigenvalue weighted by molar-refractivity contribution is 0.0606. The van der Waals surface area contributed by atoms with Crippen molar-refractivity contribution < 1.29 is 19.0 Å². The average molecular weight is 423 g/mol. The molecule has 9 heteroatoms. The summed E-state index contributed by atoms with van der Waals surface area (Å²) in [7, 11) is 4.62. The summed E-state index contributed by atoms with van der Waals surface area (Å²) in [6.07, 6.45) is 1.98. The zero-order valence-corrected chi connectivity index (χ0v) is 17.6. The molecule has 0 saturated heterocycles. The standard InChI is InChI=1S/C18H18N2O4S3/c1-22-10-5-6-14(23-2)12(7-10)19-18-20-13(9-26-18)11-8-15(16(21)24-3)27-17(11)25-4/h5-9H,1-4H3,(H,19,20). The molecule has 142 valence electrons. The maximum absolute atomic E-state index is 11.8. The summed E-state index contributed by atoms with van der Waals surface area (Å²) in [6.45, 7) is 0. The van der Waals surface area contributed by atoms with E-state index in [-0.39, 0.29) is 5.97 Å².